The van der Waals surface area contributed by atoms with Crippen molar-refractivity contribution in [1.29, 1.82) is 0 Å². The summed E-state index contributed by atoms with van der Waals surface area (Å²) in [6.45, 7) is 4.27. The van der Waals surface area contributed by atoms with Crippen molar-refractivity contribution in [2.24, 2.45) is 0 Å². The van der Waals surface area contributed by atoms with Crippen LogP contribution in [0.1, 0.15) is 4.88 Å². The van der Waals surface area contributed by atoms with Gasteiger partial charge >= 0.3 is 0 Å². The zero-order chi connectivity index (χ0) is 15.3. The van der Waals surface area contributed by atoms with Crippen LogP contribution in [0.5, 0.6) is 0 Å². The summed E-state index contributed by atoms with van der Waals surface area (Å²) in [5, 5.41) is 3.18. The van der Waals surface area contributed by atoms with Crippen molar-refractivity contribution in [2.45, 2.75) is 11.4 Å². The van der Waals surface area contributed by atoms with E-state index in [4.69, 9.17) is 11.6 Å². The van der Waals surface area contributed by atoms with E-state index in [2.05, 4.69) is 21.6 Å². The van der Waals surface area contributed by atoms with E-state index in [9.17, 15) is 8.42 Å². The number of hydrogen-bond acceptors (Lipinski definition) is 5. The number of benzene rings is 1. The van der Waals surface area contributed by atoms with Crippen LogP contribution in [0.3, 0.4) is 0 Å². The fourth-order valence-electron chi connectivity index (χ4n) is 1.56. The molecule has 2 N–H and O–H groups in total. The van der Waals surface area contributed by atoms with Crippen molar-refractivity contribution < 1.29 is 8.42 Å². The van der Waals surface area contributed by atoms with Gasteiger partial charge in [-0.1, -0.05) is 17.7 Å². The van der Waals surface area contributed by atoms with Crippen LogP contribution in [0, 0.1) is 0 Å². The first-order valence-corrected chi connectivity index (χ1v) is 8.74. The van der Waals surface area contributed by atoms with Crippen molar-refractivity contribution in [1.82, 2.24) is 9.71 Å². The zero-order valence-electron chi connectivity index (χ0n) is 11.0. The Balaban J connectivity index is 2.00. The summed E-state index contributed by atoms with van der Waals surface area (Å²) in [7, 11) is -3.48. The summed E-state index contributed by atoms with van der Waals surface area (Å²) in [6.07, 6.45) is 3.20. The second-order valence-electron chi connectivity index (χ2n) is 4.10. The minimum absolute atomic E-state index is 0.203. The molecule has 0 aliphatic heterocycles. The monoisotopic (exact) mass is 343 g/mol. The van der Waals surface area contributed by atoms with Crippen molar-refractivity contribution in [3.63, 3.8) is 0 Å². The van der Waals surface area contributed by atoms with Crippen molar-refractivity contribution in [3.8, 4) is 0 Å². The maximum Gasteiger partial charge on any atom is 0.240 e. The molecule has 21 heavy (non-hydrogen) atoms. The standard InChI is InChI=1S/C13H14ClN3O2S2/c1-2-7-17-21(18,19)12-5-3-10(4-6-12)15-8-11-9-16-13(14)20-11/h2-6,9,15,17H,1,7-8H2. The summed E-state index contributed by atoms with van der Waals surface area (Å²) >= 11 is 7.15. The van der Waals surface area contributed by atoms with Gasteiger partial charge in [-0.3, -0.25) is 0 Å². The second-order valence-corrected chi connectivity index (χ2v) is 7.56. The van der Waals surface area contributed by atoms with Crippen LogP contribution in [-0.2, 0) is 16.6 Å². The van der Waals surface area contributed by atoms with E-state index >= 15 is 0 Å². The fourth-order valence-corrected chi connectivity index (χ4v) is 3.47. The summed E-state index contributed by atoms with van der Waals surface area (Å²) in [5.41, 5.74) is 0.821. The molecule has 0 amide bonds. The third-order valence-corrected chi connectivity index (χ3v) is 5.13. The topological polar surface area (TPSA) is 71.1 Å². The number of halogens is 1. The van der Waals surface area contributed by atoms with E-state index in [1.54, 1.807) is 30.5 Å². The van der Waals surface area contributed by atoms with Gasteiger partial charge in [0.05, 0.1) is 11.4 Å². The van der Waals surface area contributed by atoms with E-state index in [1.807, 2.05) is 0 Å². The lowest BCUT2D eigenvalue weighted by Crippen LogP contribution is -2.23. The number of sulfonamides is 1. The molecule has 0 saturated heterocycles. The van der Waals surface area contributed by atoms with Crippen LogP contribution in [0.25, 0.3) is 0 Å². The van der Waals surface area contributed by atoms with Gasteiger partial charge in [0.1, 0.15) is 0 Å². The van der Waals surface area contributed by atoms with Crippen molar-refractivity contribution in [2.75, 3.05) is 11.9 Å². The average molecular weight is 344 g/mol. The highest BCUT2D eigenvalue weighted by molar-refractivity contribution is 7.89. The molecule has 2 aromatic rings. The maximum absolute atomic E-state index is 11.9. The van der Waals surface area contributed by atoms with E-state index in [0.29, 0.717) is 11.0 Å². The van der Waals surface area contributed by atoms with Crippen LogP contribution >= 0.6 is 22.9 Å². The Labute approximate surface area is 132 Å². The molecule has 2 rings (SSSR count). The van der Waals surface area contributed by atoms with Gasteiger partial charge in [0.2, 0.25) is 10.0 Å². The number of hydrogen-bond donors (Lipinski definition) is 2. The molecule has 0 fully saturated rings. The van der Waals surface area contributed by atoms with E-state index in [-0.39, 0.29) is 11.4 Å². The molecule has 0 bridgehead atoms. The Kier molecular flexibility index (Phi) is 5.35. The Hall–Kier alpha value is -1.41. The minimum Gasteiger partial charge on any atom is -0.380 e. The molecule has 5 nitrogen and oxygen atoms in total. The first-order chi connectivity index (χ1) is 10.0. The predicted octanol–water partition coefficient (Wildman–Crippen LogP) is 2.87. The highest BCUT2D eigenvalue weighted by atomic mass is 35.5. The van der Waals surface area contributed by atoms with Crippen LogP contribution in [0.15, 0.2) is 48.0 Å². The Bertz CT molecular complexity index is 711. The zero-order valence-corrected chi connectivity index (χ0v) is 13.4. The predicted molar refractivity (Wildman–Crippen MR) is 86.3 cm³/mol. The molecule has 0 saturated carbocycles. The van der Waals surface area contributed by atoms with Gasteiger partial charge < -0.3 is 5.32 Å². The van der Waals surface area contributed by atoms with E-state index < -0.39 is 10.0 Å². The molecule has 1 aromatic carbocycles. The first-order valence-electron chi connectivity index (χ1n) is 6.06. The lowest BCUT2D eigenvalue weighted by atomic mass is 10.3. The molecular formula is C13H14ClN3O2S2. The van der Waals surface area contributed by atoms with E-state index in [0.717, 1.165) is 10.6 Å². The van der Waals surface area contributed by atoms with Crippen LogP contribution in [-0.4, -0.2) is 19.9 Å². The number of nitrogens with one attached hydrogen (secondary N) is 2. The Morgan fingerprint density at radius 1 is 1.33 bits per heavy atom. The highest BCUT2D eigenvalue weighted by Gasteiger charge is 2.12. The van der Waals surface area contributed by atoms with Crippen LogP contribution in [0.4, 0.5) is 5.69 Å². The fraction of sp³-hybridized carbons (Fsp3) is 0.154. The molecule has 0 aliphatic carbocycles. The van der Waals surface area contributed by atoms with Crippen molar-refractivity contribution >= 4 is 38.6 Å². The van der Waals surface area contributed by atoms with Crippen LogP contribution in [0.2, 0.25) is 4.47 Å². The quantitative estimate of drug-likeness (QED) is 0.758. The molecule has 1 heterocycles. The van der Waals surface area contributed by atoms with E-state index in [1.165, 1.54) is 17.4 Å². The number of rotatable bonds is 7. The molecule has 8 heteroatoms. The molecule has 112 valence electrons. The maximum atomic E-state index is 11.9. The van der Waals surface area contributed by atoms with Gasteiger partial charge in [-0.05, 0) is 24.3 Å². The summed E-state index contributed by atoms with van der Waals surface area (Å²) < 4.78 is 26.7. The SMILES string of the molecule is C=CCNS(=O)(=O)c1ccc(NCc2cnc(Cl)s2)cc1. The molecule has 1 aromatic heterocycles. The molecule has 0 unspecified atom stereocenters. The van der Waals surface area contributed by atoms with Gasteiger partial charge in [-0.25, -0.2) is 18.1 Å². The lowest BCUT2D eigenvalue weighted by molar-refractivity contribution is 0.585. The van der Waals surface area contributed by atoms with Gasteiger partial charge in [-0.15, -0.1) is 17.9 Å². The first kappa shape index (κ1) is 16.0. The van der Waals surface area contributed by atoms with Crippen molar-refractivity contribution in [3.05, 3.63) is 52.5 Å². The number of anilines is 1. The molecule has 0 radical (unpaired) electrons. The van der Waals surface area contributed by atoms with Gasteiger partial charge in [0.15, 0.2) is 4.47 Å². The smallest absolute Gasteiger partial charge is 0.240 e. The third kappa shape index (κ3) is 4.53. The largest absolute Gasteiger partial charge is 0.380 e. The summed E-state index contributed by atoms with van der Waals surface area (Å²) in [5.74, 6) is 0. The Morgan fingerprint density at radius 3 is 2.62 bits per heavy atom. The number of thiazole rings is 1. The second kappa shape index (κ2) is 7.04. The van der Waals surface area contributed by atoms with Gasteiger partial charge in [-0.2, -0.15) is 0 Å². The number of aromatic nitrogens is 1. The average Bonchev–Trinajstić information content (AvgIpc) is 2.89. The van der Waals surface area contributed by atoms with Gasteiger partial charge in [0, 0.05) is 23.3 Å². The molecular weight excluding hydrogens is 330 g/mol. The highest BCUT2D eigenvalue weighted by Crippen LogP contribution is 2.20. The molecule has 0 aliphatic rings. The van der Waals surface area contributed by atoms with Gasteiger partial charge in [0.25, 0.3) is 0 Å². The Morgan fingerprint density at radius 2 is 2.05 bits per heavy atom. The number of nitrogens with zero attached hydrogens (tertiary/aromatic N) is 1. The molecule has 0 atom stereocenters. The molecule has 0 spiro atoms. The summed E-state index contributed by atoms with van der Waals surface area (Å²) in [6, 6.07) is 6.52. The normalized spacial score (nSPS) is 11.3. The lowest BCUT2D eigenvalue weighted by Gasteiger charge is -2.07. The van der Waals surface area contributed by atoms with Crippen LogP contribution < -0.4 is 10.0 Å². The summed E-state index contributed by atoms with van der Waals surface area (Å²) in [4.78, 5) is 5.17. The third-order valence-electron chi connectivity index (χ3n) is 2.57. The minimum atomic E-state index is -3.48.